The summed E-state index contributed by atoms with van der Waals surface area (Å²) in [6.07, 6.45) is 5.18. The average Bonchev–Trinajstić information content (AvgIpc) is 2.26. The molecule has 4 nitrogen and oxygen atoms in total. The lowest BCUT2D eigenvalue weighted by Gasteiger charge is -2.33. The molecule has 0 aromatic heterocycles. The Morgan fingerprint density at radius 1 is 1.40 bits per heavy atom. The lowest BCUT2D eigenvalue weighted by atomic mass is 9.91. The molecule has 1 amide bonds. The molecule has 1 aliphatic rings. The van der Waals surface area contributed by atoms with Crippen molar-refractivity contribution in [3.8, 4) is 0 Å². The first kappa shape index (κ1) is 12.5. The highest BCUT2D eigenvalue weighted by molar-refractivity contribution is 5.75. The van der Waals surface area contributed by atoms with Gasteiger partial charge in [-0.1, -0.05) is 0 Å². The highest BCUT2D eigenvalue weighted by Gasteiger charge is 2.21. The Morgan fingerprint density at radius 3 is 2.53 bits per heavy atom. The maximum atomic E-state index is 11.1. The molecule has 0 saturated heterocycles. The third-order valence-electron chi connectivity index (χ3n) is 3.34. The molecule has 0 heterocycles. The van der Waals surface area contributed by atoms with Crippen LogP contribution in [0, 0.1) is 0 Å². The van der Waals surface area contributed by atoms with Crippen LogP contribution in [0.4, 0.5) is 0 Å². The summed E-state index contributed by atoms with van der Waals surface area (Å²) < 4.78 is 0. The monoisotopic (exact) mass is 213 g/mol. The van der Waals surface area contributed by atoms with Crippen LogP contribution in [0.15, 0.2) is 0 Å². The Hall–Kier alpha value is -0.610. The number of rotatable bonds is 4. The summed E-state index contributed by atoms with van der Waals surface area (Å²) >= 11 is 0. The van der Waals surface area contributed by atoms with E-state index in [0.29, 0.717) is 18.5 Å². The minimum atomic E-state index is 0.120. The highest BCUT2D eigenvalue weighted by atomic mass is 16.1. The number of amides is 1. The first-order valence-electron chi connectivity index (χ1n) is 5.80. The lowest BCUT2D eigenvalue weighted by Crippen LogP contribution is -2.40. The summed E-state index contributed by atoms with van der Waals surface area (Å²) in [5.41, 5.74) is 5.86. The smallest absolute Gasteiger partial charge is 0.221 e. The third kappa shape index (κ3) is 4.18. The second-order valence-corrected chi connectivity index (χ2v) is 4.47. The summed E-state index contributed by atoms with van der Waals surface area (Å²) in [4.78, 5) is 13.4. The van der Waals surface area contributed by atoms with E-state index < -0.39 is 0 Å². The number of carbonyl (C=O) groups is 1. The van der Waals surface area contributed by atoms with Crippen molar-refractivity contribution in [1.29, 1.82) is 0 Å². The van der Waals surface area contributed by atoms with Gasteiger partial charge in [-0.25, -0.2) is 0 Å². The van der Waals surface area contributed by atoms with Gasteiger partial charge in [-0.15, -0.1) is 0 Å². The molecule has 0 unspecified atom stereocenters. The zero-order valence-electron chi connectivity index (χ0n) is 9.83. The van der Waals surface area contributed by atoms with Crippen molar-refractivity contribution in [3.05, 3.63) is 0 Å². The van der Waals surface area contributed by atoms with Crippen LogP contribution in [-0.2, 0) is 4.79 Å². The van der Waals surface area contributed by atoms with Crippen LogP contribution < -0.4 is 11.1 Å². The van der Waals surface area contributed by atoms with Crippen molar-refractivity contribution in [1.82, 2.24) is 10.2 Å². The molecule has 1 saturated carbocycles. The molecule has 1 fully saturated rings. The third-order valence-corrected chi connectivity index (χ3v) is 3.34. The zero-order chi connectivity index (χ0) is 11.3. The quantitative estimate of drug-likeness (QED) is 0.707. The van der Waals surface area contributed by atoms with Gasteiger partial charge in [0.05, 0.1) is 0 Å². The molecule has 3 N–H and O–H groups in total. The predicted octanol–water partition coefficient (Wildman–Crippen LogP) is 0.324. The second kappa shape index (κ2) is 6.08. The van der Waals surface area contributed by atoms with Crippen molar-refractivity contribution in [2.45, 2.75) is 44.2 Å². The molecule has 0 bridgehead atoms. The van der Waals surface area contributed by atoms with Gasteiger partial charge in [0.1, 0.15) is 0 Å². The normalized spacial score (nSPS) is 26.7. The lowest BCUT2D eigenvalue weighted by molar-refractivity contribution is -0.121. The predicted molar refractivity (Wildman–Crippen MR) is 61.5 cm³/mol. The molecule has 0 radical (unpaired) electrons. The van der Waals surface area contributed by atoms with Gasteiger partial charge in [-0.05, 0) is 32.7 Å². The van der Waals surface area contributed by atoms with Crippen LogP contribution in [0.3, 0.4) is 0 Å². The van der Waals surface area contributed by atoms with Crippen LogP contribution >= 0.6 is 0 Å². The fourth-order valence-electron chi connectivity index (χ4n) is 2.13. The number of hydrogen-bond acceptors (Lipinski definition) is 3. The second-order valence-electron chi connectivity index (χ2n) is 4.47. The fraction of sp³-hybridized carbons (Fsp3) is 0.909. The van der Waals surface area contributed by atoms with Crippen molar-refractivity contribution in [2.75, 3.05) is 20.6 Å². The number of hydrogen-bond donors (Lipinski definition) is 2. The number of nitrogens with two attached hydrogens (primary N) is 1. The molecule has 1 aliphatic carbocycles. The Labute approximate surface area is 92.2 Å². The van der Waals surface area contributed by atoms with Gasteiger partial charge in [0.25, 0.3) is 0 Å². The maximum Gasteiger partial charge on any atom is 0.221 e. The summed E-state index contributed by atoms with van der Waals surface area (Å²) in [6, 6.07) is 1.02. The summed E-state index contributed by atoms with van der Waals surface area (Å²) in [7, 11) is 3.78. The van der Waals surface area contributed by atoms with E-state index >= 15 is 0 Å². The number of nitrogens with one attached hydrogen (secondary N) is 1. The molecule has 88 valence electrons. The fourth-order valence-corrected chi connectivity index (χ4v) is 2.13. The van der Waals surface area contributed by atoms with Crippen molar-refractivity contribution >= 4 is 5.91 Å². The molecular formula is C11H23N3O. The first-order chi connectivity index (χ1) is 7.13. The zero-order valence-corrected chi connectivity index (χ0v) is 9.83. The van der Waals surface area contributed by atoms with Gasteiger partial charge in [0.15, 0.2) is 0 Å². The van der Waals surface area contributed by atoms with E-state index in [9.17, 15) is 4.79 Å². The van der Waals surface area contributed by atoms with E-state index in [4.69, 9.17) is 5.73 Å². The molecular weight excluding hydrogens is 190 g/mol. The summed E-state index contributed by atoms with van der Waals surface area (Å²) in [6.45, 7) is 0.847. The molecule has 4 heteroatoms. The van der Waals surface area contributed by atoms with E-state index in [2.05, 4.69) is 17.3 Å². The van der Waals surface area contributed by atoms with Gasteiger partial charge >= 0.3 is 0 Å². The van der Waals surface area contributed by atoms with Crippen molar-refractivity contribution in [2.24, 2.45) is 5.73 Å². The largest absolute Gasteiger partial charge is 0.359 e. The van der Waals surface area contributed by atoms with E-state index in [-0.39, 0.29) is 5.91 Å². The van der Waals surface area contributed by atoms with Gasteiger partial charge in [0.2, 0.25) is 5.91 Å². The van der Waals surface area contributed by atoms with Gasteiger partial charge in [0, 0.05) is 32.1 Å². The average molecular weight is 213 g/mol. The van der Waals surface area contributed by atoms with Crippen LogP contribution in [0.25, 0.3) is 0 Å². The standard InChI is InChI=1S/C11H23N3O/c1-13-11(15)7-8-14(2)10-5-3-9(12)4-6-10/h9-10H,3-8,12H2,1-2H3,(H,13,15). The van der Waals surface area contributed by atoms with Crippen LogP contribution in [-0.4, -0.2) is 43.5 Å². The molecule has 0 aromatic rings. The topological polar surface area (TPSA) is 58.4 Å². The minimum absolute atomic E-state index is 0.120. The van der Waals surface area contributed by atoms with Crippen molar-refractivity contribution in [3.63, 3.8) is 0 Å². The summed E-state index contributed by atoms with van der Waals surface area (Å²) in [5.74, 6) is 0.120. The van der Waals surface area contributed by atoms with Crippen LogP contribution in [0.5, 0.6) is 0 Å². The van der Waals surface area contributed by atoms with Gasteiger partial charge in [-0.2, -0.15) is 0 Å². The first-order valence-corrected chi connectivity index (χ1v) is 5.80. The van der Waals surface area contributed by atoms with E-state index in [0.717, 1.165) is 19.4 Å². The SMILES string of the molecule is CNC(=O)CCN(C)C1CCC(N)CC1. The molecule has 15 heavy (non-hydrogen) atoms. The Bertz CT molecular complexity index is 200. The van der Waals surface area contributed by atoms with Gasteiger partial charge < -0.3 is 16.0 Å². The van der Waals surface area contributed by atoms with Crippen LogP contribution in [0.2, 0.25) is 0 Å². The van der Waals surface area contributed by atoms with Gasteiger partial charge in [-0.3, -0.25) is 4.79 Å². The van der Waals surface area contributed by atoms with Crippen molar-refractivity contribution < 1.29 is 4.79 Å². The minimum Gasteiger partial charge on any atom is -0.359 e. The Kier molecular flexibility index (Phi) is 5.05. The highest BCUT2D eigenvalue weighted by Crippen LogP contribution is 2.21. The Balaban J connectivity index is 2.22. The number of nitrogens with zero attached hydrogens (tertiary/aromatic N) is 1. The molecule has 0 atom stereocenters. The molecule has 0 aliphatic heterocycles. The number of carbonyl (C=O) groups excluding carboxylic acids is 1. The molecule has 1 rings (SSSR count). The molecule has 0 aromatic carbocycles. The van der Waals surface area contributed by atoms with E-state index in [1.165, 1.54) is 12.8 Å². The van der Waals surface area contributed by atoms with Crippen LogP contribution in [0.1, 0.15) is 32.1 Å². The maximum absolute atomic E-state index is 11.1. The Morgan fingerprint density at radius 2 is 2.00 bits per heavy atom. The van der Waals surface area contributed by atoms with E-state index in [1.807, 2.05) is 0 Å². The molecule has 0 spiro atoms. The van der Waals surface area contributed by atoms with E-state index in [1.54, 1.807) is 7.05 Å². The summed E-state index contributed by atoms with van der Waals surface area (Å²) in [5, 5.41) is 2.64.